The Hall–Kier alpha value is -3.19. The van der Waals surface area contributed by atoms with E-state index in [4.69, 9.17) is 30.5 Å². The largest absolute Gasteiger partial charge is 0.496 e. The lowest BCUT2D eigenvalue weighted by molar-refractivity contribution is 0.00866. The normalized spacial score (nSPS) is 23.4. The van der Waals surface area contributed by atoms with Crippen molar-refractivity contribution >= 4 is 23.1 Å². The van der Waals surface area contributed by atoms with Gasteiger partial charge < -0.3 is 24.2 Å². The molecule has 2 aromatic carbocycles. The van der Waals surface area contributed by atoms with Crippen LogP contribution in [0.5, 0.6) is 17.2 Å². The van der Waals surface area contributed by atoms with Crippen molar-refractivity contribution < 1.29 is 28.9 Å². The number of hydrogen-bond donors (Lipinski definition) is 1. The molecule has 0 saturated carbocycles. The Bertz CT molecular complexity index is 1080. The molecule has 8 heteroatoms. The lowest BCUT2D eigenvalue weighted by Crippen LogP contribution is -2.51. The molecule has 1 aliphatic carbocycles. The summed E-state index contributed by atoms with van der Waals surface area (Å²) < 4.78 is 23.1. The fraction of sp³-hybridized carbons (Fsp3) is 0.304. The Kier molecular flexibility index (Phi) is 5.54. The number of ether oxygens (including phenoxy) is 4. The number of Topliss-reactive ketones (excluding diaryl/α,β-unsaturated/α-hetero) is 1. The zero-order valence-electron chi connectivity index (χ0n) is 17.3. The van der Waals surface area contributed by atoms with E-state index >= 15 is 0 Å². The van der Waals surface area contributed by atoms with Gasteiger partial charge >= 0.3 is 0 Å². The van der Waals surface area contributed by atoms with E-state index in [1.54, 1.807) is 12.1 Å². The second-order valence-electron chi connectivity index (χ2n) is 7.45. The molecular formula is C23H22ClNO6. The van der Waals surface area contributed by atoms with Crippen LogP contribution in [0.3, 0.4) is 0 Å². The number of carbonyl (C=O) groups excluding carboxylic acids is 1. The lowest BCUT2D eigenvalue weighted by atomic mass is 9.75. The molecule has 31 heavy (non-hydrogen) atoms. The molecule has 2 atom stereocenters. The predicted molar refractivity (Wildman–Crippen MR) is 115 cm³/mol. The van der Waals surface area contributed by atoms with E-state index in [1.165, 1.54) is 14.2 Å². The van der Waals surface area contributed by atoms with Gasteiger partial charge in [0.1, 0.15) is 28.7 Å². The van der Waals surface area contributed by atoms with Gasteiger partial charge in [-0.05, 0) is 5.56 Å². The van der Waals surface area contributed by atoms with Gasteiger partial charge in [0.2, 0.25) is 11.4 Å². The lowest BCUT2D eigenvalue weighted by Gasteiger charge is -2.37. The first-order valence-corrected chi connectivity index (χ1v) is 10.1. The first-order valence-electron chi connectivity index (χ1n) is 9.74. The minimum absolute atomic E-state index is 0.180. The summed E-state index contributed by atoms with van der Waals surface area (Å²) in [7, 11) is 2.94. The molecule has 0 aromatic heterocycles. The van der Waals surface area contributed by atoms with Gasteiger partial charge in [0.05, 0.1) is 19.9 Å². The number of halogens is 1. The standard InChI is InChI=1S/C23H22ClNO6/c1-13-9-15(25-27)10-18(30-12-14-7-5-4-6-8-14)23(13)22(26)19-16(28-2)11-17(29-3)20(24)21(19)31-23/h4-8,10-11,13,27H,9,12H2,1-3H3/t13-,23+/m1/s1. The molecule has 2 aliphatic rings. The first-order chi connectivity index (χ1) is 15.0. The highest BCUT2D eigenvalue weighted by atomic mass is 35.5. The summed E-state index contributed by atoms with van der Waals surface area (Å²) in [6, 6.07) is 11.1. The second kappa shape index (κ2) is 8.15. The van der Waals surface area contributed by atoms with E-state index < -0.39 is 11.5 Å². The minimum Gasteiger partial charge on any atom is -0.496 e. The van der Waals surface area contributed by atoms with Gasteiger partial charge in [0, 0.05) is 24.5 Å². The number of nitrogens with zero attached hydrogens (tertiary/aromatic N) is 1. The second-order valence-corrected chi connectivity index (χ2v) is 7.82. The molecule has 162 valence electrons. The molecule has 0 unspecified atom stereocenters. The highest BCUT2D eigenvalue weighted by molar-refractivity contribution is 6.35. The molecule has 4 rings (SSSR count). The van der Waals surface area contributed by atoms with Gasteiger partial charge in [0.15, 0.2) is 11.5 Å². The molecule has 0 fully saturated rings. The minimum atomic E-state index is -1.46. The molecule has 7 nitrogen and oxygen atoms in total. The third-order valence-electron chi connectivity index (χ3n) is 5.66. The fourth-order valence-electron chi connectivity index (χ4n) is 4.06. The van der Waals surface area contributed by atoms with Gasteiger partial charge in [-0.3, -0.25) is 4.79 Å². The van der Waals surface area contributed by atoms with Crippen molar-refractivity contribution in [2.75, 3.05) is 14.2 Å². The van der Waals surface area contributed by atoms with Crippen LogP contribution in [0.15, 0.2) is 53.4 Å². The Labute approximate surface area is 184 Å². The molecule has 0 saturated heterocycles. The molecule has 2 aromatic rings. The smallest absolute Gasteiger partial charge is 0.231 e. The van der Waals surface area contributed by atoms with E-state index in [2.05, 4.69) is 5.16 Å². The van der Waals surface area contributed by atoms with Crippen LogP contribution < -0.4 is 14.2 Å². The number of benzene rings is 2. The Balaban J connectivity index is 1.82. The van der Waals surface area contributed by atoms with Crippen LogP contribution in [-0.2, 0) is 11.3 Å². The molecule has 0 amide bonds. The highest BCUT2D eigenvalue weighted by Gasteiger charge is 2.59. The van der Waals surface area contributed by atoms with Crippen molar-refractivity contribution in [3.8, 4) is 17.2 Å². The van der Waals surface area contributed by atoms with E-state index in [1.807, 2.05) is 37.3 Å². The summed E-state index contributed by atoms with van der Waals surface area (Å²) in [5.74, 6) is 0.344. The van der Waals surface area contributed by atoms with Crippen molar-refractivity contribution in [1.82, 2.24) is 0 Å². The van der Waals surface area contributed by atoms with E-state index in [-0.39, 0.29) is 34.5 Å². The van der Waals surface area contributed by atoms with Crippen LogP contribution in [0.2, 0.25) is 5.02 Å². The zero-order valence-corrected chi connectivity index (χ0v) is 18.1. The number of oxime groups is 1. The van der Waals surface area contributed by atoms with Gasteiger partial charge in [-0.1, -0.05) is 54.0 Å². The average molecular weight is 444 g/mol. The number of hydrogen-bond acceptors (Lipinski definition) is 7. The van der Waals surface area contributed by atoms with Crippen LogP contribution in [0.25, 0.3) is 0 Å². The summed E-state index contributed by atoms with van der Waals surface area (Å²) in [4.78, 5) is 13.8. The van der Waals surface area contributed by atoms with Crippen molar-refractivity contribution in [3.63, 3.8) is 0 Å². The topological polar surface area (TPSA) is 86.6 Å². The molecule has 1 heterocycles. The first kappa shape index (κ1) is 21.1. The maximum absolute atomic E-state index is 13.8. The predicted octanol–water partition coefficient (Wildman–Crippen LogP) is 4.64. The number of carbonyl (C=O) groups is 1. The van der Waals surface area contributed by atoms with Gasteiger partial charge in [0.25, 0.3) is 0 Å². The van der Waals surface area contributed by atoms with Crippen LogP contribution in [0.4, 0.5) is 0 Å². The number of allylic oxidation sites excluding steroid dienone is 1. The number of ketones is 1. The fourth-order valence-corrected chi connectivity index (χ4v) is 4.32. The van der Waals surface area contributed by atoms with Crippen molar-refractivity contribution in [3.05, 3.63) is 64.4 Å². The van der Waals surface area contributed by atoms with Crippen molar-refractivity contribution in [2.45, 2.75) is 25.6 Å². The highest BCUT2D eigenvalue weighted by Crippen LogP contribution is 2.54. The summed E-state index contributed by atoms with van der Waals surface area (Å²) in [5, 5.41) is 12.9. The Morgan fingerprint density at radius 2 is 1.94 bits per heavy atom. The number of methoxy groups -OCH3 is 2. The molecule has 1 aliphatic heterocycles. The quantitative estimate of drug-likeness (QED) is 0.535. The van der Waals surface area contributed by atoms with Gasteiger partial charge in [-0.2, -0.15) is 0 Å². The number of fused-ring (bicyclic) bond motifs is 1. The molecule has 1 spiro atoms. The molecule has 0 radical (unpaired) electrons. The van der Waals surface area contributed by atoms with Crippen LogP contribution in [0, 0.1) is 5.92 Å². The van der Waals surface area contributed by atoms with E-state index in [0.29, 0.717) is 23.6 Å². The van der Waals surface area contributed by atoms with Crippen LogP contribution in [0.1, 0.15) is 29.3 Å². The Morgan fingerprint density at radius 3 is 2.58 bits per heavy atom. The van der Waals surface area contributed by atoms with Crippen LogP contribution in [-0.4, -0.2) is 36.5 Å². The molecular weight excluding hydrogens is 422 g/mol. The third kappa shape index (κ3) is 3.29. The van der Waals surface area contributed by atoms with Crippen molar-refractivity contribution in [2.24, 2.45) is 11.1 Å². The molecule has 1 N–H and O–H groups in total. The third-order valence-corrected chi connectivity index (χ3v) is 6.02. The molecule has 0 bridgehead atoms. The van der Waals surface area contributed by atoms with Gasteiger partial charge in [-0.25, -0.2) is 0 Å². The number of rotatable bonds is 5. The zero-order chi connectivity index (χ0) is 22.2. The summed E-state index contributed by atoms with van der Waals surface area (Å²) in [6.45, 7) is 2.05. The average Bonchev–Trinajstić information content (AvgIpc) is 3.10. The maximum atomic E-state index is 13.8. The summed E-state index contributed by atoms with van der Waals surface area (Å²) in [6.07, 6.45) is 1.86. The van der Waals surface area contributed by atoms with E-state index in [0.717, 1.165) is 5.56 Å². The maximum Gasteiger partial charge on any atom is 0.231 e. The SMILES string of the molecule is COc1cc(OC)c2c(c1Cl)O[C@]1(C2=O)C(OCc2ccccc2)=CC(=NO)C[C@H]1C. The van der Waals surface area contributed by atoms with E-state index in [9.17, 15) is 10.0 Å². The Morgan fingerprint density at radius 1 is 1.23 bits per heavy atom. The summed E-state index contributed by atoms with van der Waals surface area (Å²) in [5.41, 5.74) is 0.0802. The van der Waals surface area contributed by atoms with Crippen molar-refractivity contribution in [1.29, 1.82) is 0 Å². The van der Waals surface area contributed by atoms with Gasteiger partial charge in [-0.15, -0.1) is 0 Å². The van der Waals surface area contributed by atoms with Crippen LogP contribution >= 0.6 is 11.6 Å². The summed E-state index contributed by atoms with van der Waals surface area (Å²) >= 11 is 6.49. The monoisotopic (exact) mass is 443 g/mol.